The Morgan fingerprint density at radius 2 is 1.88 bits per heavy atom. The molecule has 4 heteroatoms. The topological polar surface area (TPSA) is 30.9 Å². The molecule has 0 radical (unpaired) electrons. The Kier molecular flexibility index (Phi) is 5.06. The summed E-state index contributed by atoms with van der Waals surface area (Å²) in [7, 11) is 0. The van der Waals surface area contributed by atoms with Gasteiger partial charge in [-0.05, 0) is 31.7 Å². The molecule has 0 bridgehead atoms. The second kappa shape index (κ2) is 7.42. The molecule has 0 atom stereocenters. The Bertz CT molecular complexity index is 530. The predicted molar refractivity (Wildman–Crippen MR) is 93.3 cm³/mol. The number of morpholine rings is 1. The summed E-state index contributed by atoms with van der Waals surface area (Å²) < 4.78 is 18.0. The van der Waals surface area contributed by atoms with Gasteiger partial charge >= 0.3 is 0 Å². The molecule has 132 valence electrons. The van der Waals surface area contributed by atoms with Crippen molar-refractivity contribution in [2.45, 2.75) is 56.8 Å². The van der Waals surface area contributed by atoms with Crippen LogP contribution in [0.1, 0.15) is 44.1 Å². The maximum atomic E-state index is 6.31. The third-order valence-electron chi connectivity index (χ3n) is 5.69. The number of hydrogen-bond acceptors (Lipinski definition) is 4. The van der Waals surface area contributed by atoms with Crippen LogP contribution in [0.2, 0.25) is 0 Å². The molecule has 0 N–H and O–H groups in total. The molecular weight excluding hydrogens is 302 g/mol. The summed E-state index contributed by atoms with van der Waals surface area (Å²) >= 11 is 0. The molecule has 24 heavy (non-hydrogen) atoms. The van der Waals surface area contributed by atoms with Gasteiger partial charge in [0.05, 0.1) is 18.3 Å². The van der Waals surface area contributed by atoms with E-state index >= 15 is 0 Å². The van der Waals surface area contributed by atoms with Gasteiger partial charge in [-0.15, -0.1) is 0 Å². The van der Waals surface area contributed by atoms with Crippen molar-refractivity contribution in [2.24, 2.45) is 0 Å². The Hall–Kier alpha value is -1.10. The minimum atomic E-state index is 0.0117. The van der Waals surface area contributed by atoms with E-state index in [0.29, 0.717) is 6.10 Å². The normalized spacial score (nSPS) is 25.2. The zero-order valence-electron chi connectivity index (χ0n) is 14.5. The monoisotopic (exact) mass is 331 g/mol. The van der Waals surface area contributed by atoms with Gasteiger partial charge in [0, 0.05) is 51.3 Å². The van der Waals surface area contributed by atoms with Crippen LogP contribution < -0.4 is 4.74 Å². The molecule has 2 heterocycles. The Morgan fingerprint density at radius 3 is 2.71 bits per heavy atom. The van der Waals surface area contributed by atoms with Crippen LogP contribution >= 0.6 is 0 Å². The summed E-state index contributed by atoms with van der Waals surface area (Å²) in [5.74, 6) is 1.08. The van der Waals surface area contributed by atoms with Crippen LogP contribution in [0.4, 0.5) is 0 Å². The number of para-hydroxylation sites is 1. The number of rotatable bonds is 4. The lowest BCUT2D eigenvalue weighted by atomic mass is 9.92. The standard InChI is InChI=1S/C20H29NO3/c1-4-8-19(24-18-6-2-3-7-18)17(5-1)15-21-11-14-23-20(16-21)9-12-22-13-10-20/h1,4-5,8,18H,2-3,6-7,9-16H2. The number of hydrogen-bond donors (Lipinski definition) is 0. The first-order valence-corrected chi connectivity index (χ1v) is 9.52. The van der Waals surface area contributed by atoms with Crippen molar-refractivity contribution in [3.8, 4) is 5.75 Å². The van der Waals surface area contributed by atoms with Gasteiger partial charge in [0.2, 0.25) is 0 Å². The van der Waals surface area contributed by atoms with Crippen LogP contribution in [0.3, 0.4) is 0 Å². The number of benzene rings is 1. The predicted octanol–water partition coefficient (Wildman–Crippen LogP) is 3.39. The molecule has 1 aromatic carbocycles. The van der Waals surface area contributed by atoms with E-state index in [2.05, 4.69) is 29.2 Å². The molecule has 1 saturated carbocycles. The highest BCUT2D eigenvalue weighted by atomic mass is 16.5. The minimum Gasteiger partial charge on any atom is -0.490 e. The third-order valence-corrected chi connectivity index (χ3v) is 5.69. The molecule has 1 spiro atoms. The van der Waals surface area contributed by atoms with Gasteiger partial charge < -0.3 is 14.2 Å². The average Bonchev–Trinajstić information content (AvgIpc) is 3.11. The first-order valence-electron chi connectivity index (χ1n) is 9.52. The molecule has 4 rings (SSSR count). The zero-order chi connectivity index (χ0) is 16.2. The summed E-state index contributed by atoms with van der Waals surface area (Å²) in [6.45, 7) is 5.44. The van der Waals surface area contributed by atoms with E-state index in [1.54, 1.807) is 0 Å². The molecule has 2 saturated heterocycles. The quantitative estimate of drug-likeness (QED) is 0.846. The van der Waals surface area contributed by atoms with Crippen LogP contribution in [0.15, 0.2) is 24.3 Å². The summed E-state index contributed by atoms with van der Waals surface area (Å²) in [6.07, 6.45) is 7.47. The van der Waals surface area contributed by atoms with Gasteiger partial charge in [0.15, 0.2) is 0 Å². The zero-order valence-corrected chi connectivity index (χ0v) is 14.5. The molecular formula is C20H29NO3. The van der Waals surface area contributed by atoms with Gasteiger partial charge in [0.25, 0.3) is 0 Å². The van der Waals surface area contributed by atoms with Gasteiger partial charge in [-0.3, -0.25) is 4.90 Å². The van der Waals surface area contributed by atoms with Crippen LogP contribution in [0.5, 0.6) is 5.75 Å². The van der Waals surface area contributed by atoms with E-state index in [-0.39, 0.29) is 5.60 Å². The van der Waals surface area contributed by atoms with E-state index in [9.17, 15) is 0 Å². The highest BCUT2D eigenvalue weighted by molar-refractivity contribution is 5.33. The van der Waals surface area contributed by atoms with E-state index < -0.39 is 0 Å². The number of nitrogens with zero attached hydrogens (tertiary/aromatic N) is 1. The van der Waals surface area contributed by atoms with Crippen molar-refractivity contribution in [3.05, 3.63) is 29.8 Å². The highest BCUT2D eigenvalue weighted by Crippen LogP contribution is 2.32. The van der Waals surface area contributed by atoms with E-state index in [1.807, 2.05) is 0 Å². The van der Waals surface area contributed by atoms with Crippen molar-refractivity contribution in [1.29, 1.82) is 0 Å². The first-order chi connectivity index (χ1) is 11.8. The Morgan fingerprint density at radius 1 is 1.08 bits per heavy atom. The van der Waals surface area contributed by atoms with Crippen molar-refractivity contribution in [1.82, 2.24) is 4.90 Å². The first kappa shape index (κ1) is 16.4. The van der Waals surface area contributed by atoms with Gasteiger partial charge in [-0.1, -0.05) is 18.2 Å². The molecule has 0 unspecified atom stereocenters. The van der Waals surface area contributed by atoms with Gasteiger partial charge in [-0.2, -0.15) is 0 Å². The average molecular weight is 331 g/mol. The van der Waals surface area contributed by atoms with Gasteiger partial charge in [-0.25, -0.2) is 0 Å². The molecule has 4 nitrogen and oxygen atoms in total. The molecule has 3 aliphatic rings. The van der Waals surface area contributed by atoms with E-state index in [4.69, 9.17) is 14.2 Å². The molecule has 0 aromatic heterocycles. The fraction of sp³-hybridized carbons (Fsp3) is 0.700. The molecule has 2 aliphatic heterocycles. The van der Waals surface area contributed by atoms with Crippen molar-refractivity contribution >= 4 is 0 Å². The lowest BCUT2D eigenvalue weighted by Gasteiger charge is -2.45. The number of ether oxygens (including phenoxy) is 3. The highest BCUT2D eigenvalue weighted by Gasteiger charge is 2.38. The molecule has 0 amide bonds. The minimum absolute atomic E-state index is 0.0117. The van der Waals surface area contributed by atoms with Crippen LogP contribution in [0.25, 0.3) is 0 Å². The lowest BCUT2D eigenvalue weighted by Crippen LogP contribution is -2.54. The third kappa shape index (κ3) is 3.76. The molecule has 3 fully saturated rings. The van der Waals surface area contributed by atoms with E-state index in [1.165, 1.54) is 31.2 Å². The summed E-state index contributed by atoms with van der Waals surface area (Å²) in [5, 5.41) is 0. The fourth-order valence-corrected chi connectivity index (χ4v) is 4.28. The summed E-state index contributed by atoms with van der Waals surface area (Å²) in [5.41, 5.74) is 1.33. The Labute approximate surface area is 145 Å². The van der Waals surface area contributed by atoms with Crippen LogP contribution in [-0.4, -0.2) is 49.5 Å². The summed E-state index contributed by atoms with van der Waals surface area (Å²) in [6, 6.07) is 8.57. The molecule has 1 aliphatic carbocycles. The Balaban J connectivity index is 1.42. The second-order valence-corrected chi connectivity index (χ2v) is 7.49. The van der Waals surface area contributed by atoms with Crippen molar-refractivity contribution in [3.63, 3.8) is 0 Å². The maximum absolute atomic E-state index is 6.31. The second-order valence-electron chi connectivity index (χ2n) is 7.49. The van der Waals surface area contributed by atoms with Crippen molar-refractivity contribution < 1.29 is 14.2 Å². The fourth-order valence-electron chi connectivity index (χ4n) is 4.28. The smallest absolute Gasteiger partial charge is 0.124 e. The maximum Gasteiger partial charge on any atom is 0.124 e. The SMILES string of the molecule is c1ccc(OC2CCCC2)c(CN2CCOC3(CCOCC3)C2)c1. The van der Waals surface area contributed by atoms with Gasteiger partial charge in [0.1, 0.15) is 5.75 Å². The largest absolute Gasteiger partial charge is 0.490 e. The summed E-state index contributed by atoms with van der Waals surface area (Å²) in [4.78, 5) is 2.53. The lowest BCUT2D eigenvalue weighted by molar-refractivity contribution is -0.155. The van der Waals surface area contributed by atoms with Crippen molar-refractivity contribution in [2.75, 3.05) is 32.9 Å². The van der Waals surface area contributed by atoms with Crippen LogP contribution in [0, 0.1) is 0 Å². The molecule has 1 aromatic rings. The van der Waals surface area contributed by atoms with E-state index in [0.717, 1.165) is 58.0 Å². The van der Waals surface area contributed by atoms with Crippen LogP contribution in [-0.2, 0) is 16.0 Å².